The first-order chi connectivity index (χ1) is 13.7. The van der Waals surface area contributed by atoms with Gasteiger partial charge in [0.25, 0.3) is 5.91 Å². The van der Waals surface area contributed by atoms with E-state index in [1.165, 1.54) is 11.1 Å². The average molecular weight is 389 g/mol. The summed E-state index contributed by atoms with van der Waals surface area (Å²) in [6.07, 6.45) is 1.89. The molecule has 1 heterocycles. The van der Waals surface area contributed by atoms with Crippen LogP contribution >= 0.6 is 9.24 Å². The van der Waals surface area contributed by atoms with Crippen LogP contribution in [-0.4, -0.2) is 16.8 Å². The highest BCUT2D eigenvalue weighted by Gasteiger charge is 2.17. The van der Waals surface area contributed by atoms with Gasteiger partial charge in [-0.2, -0.15) is 0 Å². The van der Waals surface area contributed by atoms with Crippen LogP contribution in [0.1, 0.15) is 32.6 Å². The molecule has 6 heteroatoms. The fourth-order valence-electron chi connectivity index (χ4n) is 3.48. The van der Waals surface area contributed by atoms with Gasteiger partial charge in [-0.15, -0.1) is 14.8 Å². The van der Waals surface area contributed by atoms with E-state index in [1.54, 1.807) is 17.7 Å². The molecule has 0 saturated carbocycles. The predicted octanol–water partition coefficient (Wildman–Crippen LogP) is 3.08. The summed E-state index contributed by atoms with van der Waals surface area (Å²) in [5.41, 5.74) is 10.7. The highest BCUT2D eigenvalue weighted by Crippen LogP contribution is 2.28. The second-order valence-corrected chi connectivity index (χ2v) is 7.24. The van der Waals surface area contributed by atoms with Gasteiger partial charge < -0.3 is 0 Å². The number of aryl methyl sites for hydroxylation is 2. The maximum atomic E-state index is 11.9. The molecule has 1 aliphatic heterocycles. The van der Waals surface area contributed by atoms with Crippen molar-refractivity contribution in [3.8, 4) is 0 Å². The van der Waals surface area contributed by atoms with Crippen molar-refractivity contribution >= 4 is 31.9 Å². The van der Waals surface area contributed by atoms with E-state index in [2.05, 4.69) is 45.0 Å². The highest BCUT2D eigenvalue weighted by molar-refractivity contribution is 7.28. The molecule has 0 aliphatic carbocycles. The van der Waals surface area contributed by atoms with Crippen LogP contribution in [0.5, 0.6) is 0 Å². The van der Waals surface area contributed by atoms with Gasteiger partial charge in [-0.05, 0) is 41.4 Å². The number of para-hydroxylation sites is 1. The van der Waals surface area contributed by atoms with Gasteiger partial charge in [0.05, 0.1) is 11.4 Å². The van der Waals surface area contributed by atoms with Crippen molar-refractivity contribution in [1.82, 2.24) is 11.0 Å². The molecule has 3 aromatic carbocycles. The molecule has 0 bridgehead atoms. The van der Waals surface area contributed by atoms with E-state index in [0.29, 0.717) is 5.56 Å². The number of aliphatic imine (C=N–C) groups is 1. The molecule has 0 spiro atoms. The van der Waals surface area contributed by atoms with Crippen LogP contribution in [0.2, 0.25) is 0 Å². The number of nitrogens with one attached hydrogen (secondary N) is 2. The number of benzene rings is 3. The maximum Gasteiger partial charge on any atom is 0.267 e. The molecule has 0 fully saturated rings. The average Bonchev–Trinajstić information content (AvgIpc) is 2.71. The third-order valence-electron chi connectivity index (χ3n) is 4.90. The molecule has 1 amide bonds. The lowest BCUT2D eigenvalue weighted by Gasteiger charge is -2.19. The second kappa shape index (κ2) is 8.03. The molecule has 28 heavy (non-hydrogen) atoms. The zero-order valence-corrected chi connectivity index (χ0v) is 16.3. The van der Waals surface area contributed by atoms with Gasteiger partial charge in [0, 0.05) is 16.7 Å². The predicted molar refractivity (Wildman–Crippen MR) is 114 cm³/mol. The number of carbonyl (C=O) groups is 1. The van der Waals surface area contributed by atoms with Crippen molar-refractivity contribution < 1.29 is 10.0 Å². The zero-order valence-electron chi connectivity index (χ0n) is 15.1. The monoisotopic (exact) mass is 389 g/mol. The van der Waals surface area contributed by atoms with Gasteiger partial charge in [-0.25, -0.2) is 4.99 Å². The summed E-state index contributed by atoms with van der Waals surface area (Å²) >= 11 is 0. The molecule has 1 atom stereocenters. The number of rotatable bonds is 3. The van der Waals surface area contributed by atoms with Crippen molar-refractivity contribution in [1.29, 1.82) is 0 Å². The molecule has 4 rings (SSSR count). The van der Waals surface area contributed by atoms with Gasteiger partial charge in [0.15, 0.2) is 0 Å². The first-order valence-corrected chi connectivity index (χ1v) is 9.59. The molecule has 3 aromatic rings. The SMILES string of the molecule is O=C(NNO)c1ccc(/C2=N/c3c(P)cccc3CCc3ccccc32)cc1. The quantitative estimate of drug-likeness (QED) is 0.476. The molecule has 3 N–H and O–H groups in total. The molecule has 1 aliphatic rings. The Labute approximate surface area is 165 Å². The standard InChI is InChI=1S/C22H20N3O2P/c26-22(24-25-27)17-12-10-16(11-13-17)20-18-6-2-1-4-14(18)8-9-15-5-3-7-19(28)21(15)23-20/h1-7,10-13,25,27H,8-9,28H2,(H,24,26)/b23-20-. The number of amides is 1. The second-order valence-electron chi connectivity index (χ2n) is 6.62. The zero-order chi connectivity index (χ0) is 19.5. The summed E-state index contributed by atoms with van der Waals surface area (Å²) in [7, 11) is 2.78. The molecule has 0 saturated heterocycles. The third-order valence-corrected chi connectivity index (χ3v) is 5.37. The van der Waals surface area contributed by atoms with Crippen molar-refractivity contribution in [2.24, 2.45) is 4.99 Å². The lowest BCUT2D eigenvalue weighted by molar-refractivity contribution is 0.0731. The van der Waals surface area contributed by atoms with Gasteiger partial charge in [-0.3, -0.25) is 15.4 Å². The Morgan fingerprint density at radius 3 is 2.43 bits per heavy atom. The van der Waals surface area contributed by atoms with Crippen LogP contribution < -0.4 is 16.3 Å². The van der Waals surface area contributed by atoms with Gasteiger partial charge in [-0.1, -0.05) is 54.6 Å². The van der Waals surface area contributed by atoms with Crippen LogP contribution in [0.15, 0.2) is 71.7 Å². The largest absolute Gasteiger partial charge is 0.297 e. The Balaban J connectivity index is 1.86. The molecule has 140 valence electrons. The Hall–Kier alpha value is -2.85. The fourth-order valence-corrected chi connectivity index (χ4v) is 3.84. The van der Waals surface area contributed by atoms with E-state index in [-0.39, 0.29) is 0 Å². The minimum atomic E-state index is -0.411. The maximum absolute atomic E-state index is 11.9. The Morgan fingerprint density at radius 1 is 0.929 bits per heavy atom. The molecule has 5 nitrogen and oxygen atoms in total. The number of carbonyl (C=O) groups excluding carboxylic acids is 1. The van der Waals surface area contributed by atoms with Crippen molar-refractivity contribution in [3.05, 3.63) is 94.5 Å². The first-order valence-electron chi connectivity index (χ1n) is 9.01. The number of fused-ring (bicyclic) bond motifs is 2. The molecular weight excluding hydrogens is 369 g/mol. The Bertz CT molecular complexity index is 1060. The van der Waals surface area contributed by atoms with Gasteiger partial charge in [0.2, 0.25) is 0 Å². The first kappa shape index (κ1) is 18.5. The fraction of sp³-hybridized carbons (Fsp3) is 0.0909. The summed E-state index contributed by atoms with van der Waals surface area (Å²) in [6.45, 7) is 0. The van der Waals surface area contributed by atoms with E-state index < -0.39 is 5.91 Å². The van der Waals surface area contributed by atoms with E-state index in [4.69, 9.17) is 10.2 Å². The molecule has 0 radical (unpaired) electrons. The Kier molecular flexibility index (Phi) is 5.31. The summed E-state index contributed by atoms with van der Waals surface area (Å²) in [5, 5.41) is 9.71. The molecule has 1 unspecified atom stereocenters. The minimum Gasteiger partial charge on any atom is -0.297 e. The lowest BCUT2D eigenvalue weighted by atomic mass is 9.91. The smallest absolute Gasteiger partial charge is 0.267 e. The van der Waals surface area contributed by atoms with Crippen LogP contribution in [-0.2, 0) is 12.8 Å². The normalized spacial score (nSPS) is 14.7. The minimum absolute atomic E-state index is 0.411. The van der Waals surface area contributed by atoms with Crippen molar-refractivity contribution in [2.45, 2.75) is 12.8 Å². The van der Waals surface area contributed by atoms with Crippen molar-refractivity contribution in [3.63, 3.8) is 0 Å². The number of hydrogen-bond donors (Lipinski definition) is 3. The highest BCUT2D eigenvalue weighted by atomic mass is 31.0. The van der Waals surface area contributed by atoms with E-state index in [1.807, 2.05) is 24.3 Å². The van der Waals surface area contributed by atoms with E-state index >= 15 is 0 Å². The summed E-state index contributed by atoms with van der Waals surface area (Å²) in [4.78, 5) is 16.9. The number of hydrogen-bond acceptors (Lipinski definition) is 4. The van der Waals surface area contributed by atoms with E-state index in [0.717, 1.165) is 40.7 Å². The Morgan fingerprint density at radius 2 is 1.64 bits per heavy atom. The molecular formula is C22H20N3O2P. The number of hydrazine groups is 1. The van der Waals surface area contributed by atoms with Crippen LogP contribution in [0.3, 0.4) is 0 Å². The summed E-state index contributed by atoms with van der Waals surface area (Å²) < 4.78 is 0. The van der Waals surface area contributed by atoms with Gasteiger partial charge >= 0.3 is 0 Å². The lowest BCUT2D eigenvalue weighted by Crippen LogP contribution is -2.34. The summed E-state index contributed by atoms with van der Waals surface area (Å²) in [5.74, 6) is -0.411. The molecule has 0 aromatic heterocycles. The third kappa shape index (κ3) is 3.60. The summed E-state index contributed by atoms with van der Waals surface area (Å²) in [6, 6.07) is 21.8. The van der Waals surface area contributed by atoms with Gasteiger partial charge in [0.1, 0.15) is 0 Å². The van der Waals surface area contributed by atoms with Crippen molar-refractivity contribution in [2.75, 3.05) is 0 Å². The van der Waals surface area contributed by atoms with Crippen LogP contribution in [0.4, 0.5) is 5.69 Å². The van der Waals surface area contributed by atoms with Crippen LogP contribution in [0.25, 0.3) is 0 Å². The van der Waals surface area contributed by atoms with Crippen LogP contribution in [0, 0.1) is 0 Å². The van der Waals surface area contributed by atoms with E-state index in [9.17, 15) is 4.79 Å². The topological polar surface area (TPSA) is 73.7 Å². The number of nitrogens with zero attached hydrogens (tertiary/aromatic N) is 1.